The highest BCUT2D eigenvalue weighted by Gasteiger charge is 2.38. The molecule has 0 radical (unpaired) electrons. The summed E-state index contributed by atoms with van der Waals surface area (Å²) >= 11 is 0. The molecule has 0 N–H and O–H groups in total. The molecular formula is C108H74N8. The summed E-state index contributed by atoms with van der Waals surface area (Å²) in [4.78, 5) is 34.0. The van der Waals surface area contributed by atoms with Crippen LogP contribution in [0, 0.1) is 0 Å². The number of benzene rings is 16. The summed E-state index contributed by atoms with van der Waals surface area (Å²) in [6.45, 7) is 9.38. The van der Waals surface area contributed by atoms with Crippen LogP contribution in [0.4, 0.5) is 0 Å². The second-order valence-electron chi connectivity index (χ2n) is 31.8. The van der Waals surface area contributed by atoms with Gasteiger partial charge in [-0.2, -0.15) is 19.9 Å². The second kappa shape index (κ2) is 26.9. The van der Waals surface area contributed by atoms with Crippen LogP contribution in [0.15, 0.2) is 376 Å². The Labute approximate surface area is 672 Å². The van der Waals surface area contributed by atoms with Gasteiger partial charge in [-0.3, -0.25) is 9.13 Å². The molecule has 4 heterocycles. The average Bonchev–Trinajstić information content (AvgIpc) is 1.55. The molecule has 0 aliphatic heterocycles. The van der Waals surface area contributed by atoms with E-state index in [0.717, 1.165) is 144 Å². The number of rotatable bonds is 13. The first-order valence-corrected chi connectivity index (χ1v) is 39.8. The van der Waals surface area contributed by atoms with E-state index in [4.69, 9.17) is 29.9 Å². The largest absolute Gasteiger partial charge is 0.278 e. The van der Waals surface area contributed by atoms with Crippen LogP contribution in [-0.4, -0.2) is 39.0 Å². The van der Waals surface area contributed by atoms with Gasteiger partial charge in [0.15, 0.2) is 23.3 Å². The molecule has 0 unspecified atom stereocenters. The van der Waals surface area contributed by atoms with Crippen LogP contribution in [0.5, 0.6) is 0 Å². The van der Waals surface area contributed by atoms with Crippen LogP contribution in [0.2, 0.25) is 0 Å². The quantitative estimate of drug-likeness (QED) is 0.114. The van der Waals surface area contributed by atoms with E-state index in [-0.39, 0.29) is 10.8 Å². The van der Waals surface area contributed by atoms with Crippen LogP contribution in [0.1, 0.15) is 49.9 Å². The van der Waals surface area contributed by atoms with Gasteiger partial charge in [0.25, 0.3) is 0 Å². The molecule has 0 atom stereocenters. The minimum Gasteiger partial charge on any atom is -0.278 e. The first-order valence-electron chi connectivity index (χ1n) is 39.8. The lowest BCUT2D eigenvalue weighted by atomic mass is 9.82. The zero-order valence-corrected chi connectivity index (χ0v) is 64.4. The molecule has 8 heteroatoms. The van der Waals surface area contributed by atoms with E-state index < -0.39 is 0 Å². The van der Waals surface area contributed by atoms with Crippen molar-refractivity contribution in [1.29, 1.82) is 0 Å². The fourth-order valence-corrected chi connectivity index (χ4v) is 18.3. The molecule has 22 rings (SSSR count). The van der Waals surface area contributed by atoms with Gasteiger partial charge in [-0.15, -0.1) is 0 Å². The maximum absolute atomic E-state index is 5.76. The van der Waals surface area contributed by atoms with Crippen LogP contribution >= 0.6 is 0 Å². The molecule has 116 heavy (non-hydrogen) atoms. The Bertz CT molecular complexity index is 7310. The zero-order valence-electron chi connectivity index (χ0n) is 64.4. The minimum atomic E-state index is -0.261. The normalized spacial score (nSPS) is 13.0. The summed E-state index contributed by atoms with van der Waals surface area (Å²) in [6.07, 6.45) is 0. The molecule has 0 saturated carbocycles. The van der Waals surface area contributed by atoms with Gasteiger partial charge in [0.2, 0.25) is 11.9 Å². The van der Waals surface area contributed by atoms with E-state index in [1.54, 1.807) is 0 Å². The Morgan fingerprint density at radius 2 is 0.431 bits per heavy atom. The van der Waals surface area contributed by atoms with Crippen LogP contribution in [0.25, 0.3) is 201 Å². The van der Waals surface area contributed by atoms with Crippen molar-refractivity contribution in [3.63, 3.8) is 0 Å². The number of fused-ring (bicyclic) bond motifs is 12. The Kier molecular flexibility index (Phi) is 15.8. The molecule has 4 aromatic heterocycles. The number of aromatic nitrogens is 8. The van der Waals surface area contributed by atoms with E-state index in [9.17, 15) is 0 Å². The maximum atomic E-state index is 5.76. The molecule has 0 saturated heterocycles. The van der Waals surface area contributed by atoms with E-state index >= 15 is 0 Å². The number of para-hydroxylation sites is 2. The first kappa shape index (κ1) is 68.0. The molecule has 2 aliphatic rings. The molecule has 16 aromatic carbocycles. The smallest absolute Gasteiger partial charge is 0.238 e. The number of hydrogen-bond donors (Lipinski definition) is 0. The topological polar surface area (TPSA) is 87.2 Å². The molecule has 0 spiro atoms. The summed E-state index contributed by atoms with van der Waals surface area (Å²) in [5.41, 5.74) is 31.9. The summed E-state index contributed by atoms with van der Waals surface area (Å²) in [5, 5.41) is 4.52. The third-order valence-electron chi connectivity index (χ3n) is 24.2. The van der Waals surface area contributed by atoms with Gasteiger partial charge >= 0.3 is 0 Å². The number of hydrogen-bond acceptors (Lipinski definition) is 6. The van der Waals surface area contributed by atoms with Gasteiger partial charge < -0.3 is 0 Å². The standard InChI is InChI=1S/C108H74N8/c1-107(2)93-48-24-20-44-85(93)89-63-91-87-46-22-26-50-97(87)115(99(91)65-95(89)107)105-111-101(75-43-29-40-72(53-75)67-30-10-5-11-31-67)109-102(112-105)83-59-78(70-36-16-8-17-37-70)55-80(61-83)73-41-28-42-74(52-73)81-56-79(71-38-18-9-19-39-71)60-84(62-81)104-110-103(82-57-76(68-32-12-6-13-33-68)54-77(58-82)69-34-14-7-15-35-69)113-106(114-104)116-98-51-27-23-47-88(98)92-64-90-86-45-21-25-49-94(86)108(3,4)96(90)66-100(92)116/h5-66H,1-4H3. The van der Waals surface area contributed by atoms with Gasteiger partial charge in [0.05, 0.1) is 22.1 Å². The van der Waals surface area contributed by atoms with Gasteiger partial charge in [0.1, 0.15) is 0 Å². The van der Waals surface area contributed by atoms with Crippen LogP contribution in [-0.2, 0) is 10.8 Å². The lowest BCUT2D eigenvalue weighted by Crippen LogP contribution is -2.15. The Hall–Kier alpha value is -14.9. The fourth-order valence-electron chi connectivity index (χ4n) is 18.3. The Balaban J connectivity index is 0.739. The lowest BCUT2D eigenvalue weighted by Gasteiger charge is -2.21. The first-order chi connectivity index (χ1) is 56.9. The third-order valence-corrected chi connectivity index (χ3v) is 24.2. The summed E-state index contributed by atoms with van der Waals surface area (Å²) in [7, 11) is 0. The van der Waals surface area contributed by atoms with Crippen molar-refractivity contribution in [2.24, 2.45) is 0 Å². The molecule has 2 aliphatic carbocycles. The molecule has 0 fully saturated rings. The van der Waals surface area contributed by atoms with Crippen molar-refractivity contribution in [3.8, 4) is 158 Å². The van der Waals surface area contributed by atoms with Crippen molar-refractivity contribution >= 4 is 43.6 Å². The highest BCUT2D eigenvalue weighted by molar-refractivity contribution is 6.13. The molecule has 8 nitrogen and oxygen atoms in total. The van der Waals surface area contributed by atoms with Gasteiger partial charge in [-0.1, -0.05) is 301 Å². The van der Waals surface area contributed by atoms with Crippen LogP contribution in [0.3, 0.4) is 0 Å². The predicted octanol–water partition coefficient (Wildman–Crippen LogP) is 27.2. The molecule has 546 valence electrons. The molecule has 0 bridgehead atoms. The molecule has 20 aromatic rings. The SMILES string of the molecule is CC1(C)c2ccccc2-c2cc3c4ccccc4n(-c4nc(-c5cccc(-c6ccccc6)c5)nc(-c5cc(-c6ccccc6)cc(-c6cccc(-c7cc(-c8ccccc8)cc(-c8nc(-c9cc(-c%10ccccc%10)cc(-c%10ccccc%10)c9)nc(-n9c%10ccccc%10c%10cc%11c(cc%109)C(C)(C)c9ccccc9-%11)n8)c7)c6)c5)n4)c3cc21. The predicted molar refractivity (Wildman–Crippen MR) is 477 cm³/mol. The molecule has 0 amide bonds. The van der Waals surface area contributed by atoms with Gasteiger partial charge in [-0.05, 0) is 226 Å². The monoisotopic (exact) mass is 1480 g/mol. The van der Waals surface area contributed by atoms with Crippen molar-refractivity contribution in [3.05, 3.63) is 398 Å². The molecular weight excluding hydrogens is 1410 g/mol. The van der Waals surface area contributed by atoms with E-state index in [1.807, 2.05) is 0 Å². The minimum absolute atomic E-state index is 0.247. The third kappa shape index (κ3) is 11.4. The van der Waals surface area contributed by atoms with E-state index in [1.165, 1.54) is 44.5 Å². The zero-order chi connectivity index (χ0) is 77.3. The fraction of sp³-hybridized carbons (Fsp3) is 0.0556. The Morgan fingerprint density at radius 3 is 0.802 bits per heavy atom. The van der Waals surface area contributed by atoms with E-state index in [0.29, 0.717) is 35.2 Å². The van der Waals surface area contributed by atoms with Gasteiger partial charge in [-0.25, -0.2) is 9.97 Å². The van der Waals surface area contributed by atoms with Crippen molar-refractivity contribution < 1.29 is 0 Å². The summed E-state index contributed by atoms with van der Waals surface area (Å²) in [5.74, 6) is 3.24. The van der Waals surface area contributed by atoms with E-state index in [2.05, 4.69) is 413 Å². The second-order valence-corrected chi connectivity index (χ2v) is 31.8. The average molecular weight is 1480 g/mol. The highest BCUT2D eigenvalue weighted by Crippen LogP contribution is 2.54. The lowest BCUT2D eigenvalue weighted by molar-refractivity contribution is 0.660. The van der Waals surface area contributed by atoms with Crippen molar-refractivity contribution in [1.82, 2.24) is 39.0 Å². The highest BCUT2D eigenvalue weighted by atomic mass is 15.2. The van der Waals surface area contributed by atoms with Crippen molar-refractivity contribution in [2.45, 2.75) is 38.5 Å². The summed E-state index contributed by atoms with van der Waals surface area (Å²) in [6, 6.07) is 136. The van der Waals surface area contributed by atoms with Gasteiger partial charge in [0, 0.05) is 54.6 Å². The Morgan fingerprint density at radius 1 is 0.172 bits per heavy atom. The summed E-state index contributed by atoms with van der Waals surface area (Å²) < 4.78 is 4.54. The van der Waals surface area contributed by atoms with Crippen LogP contribution < -0.4 is 0 Å². The number of nitrogens with zero attached hydrogens (tertiary/aromatic N) is 8. The van der Waals surface area contributed by atoms with Crippen molar-refractivity contribution in [2.75, 3.05) is 0 Å². The maximum Gasteiger partial charge on any atom is 0.238 e.